The molecular weight excluding hydrogens is 208 g/mol. The number of hydrogen-bond acceptors (Lipinski definition) is 5. The average Bonchev–Trinajstić information content (AvgIpc) is 2.31. The summed E-state index contributed by atoms with van der Waals surface area (Å²) in [6.45, 7) is 0. The Morgan fingerprint density at radius 1 is 1.50 bits per heavy atom. The largest absolute Gasteiger partial charge is 0.497 e. The molecule has 2 N–H and O–H groups in total. The Bertz CT molecular complexity index is 449. The van der Waals surface area contributed by atoms with Gasteiger partial charge in [-0.25, -0.2) is 0 Å². The standard InChI is InChI=1S/C11H12N2O3/c1-15-9-3-7(5-10(14)16-2)11(13)8(4-9)6-12/h3-4H,5,13H2,1-2H3. The van der Waals surface area contributed by atoms with E-state index in [9.17, 15) is 4.79 Å². The maximum Gasteiger partial charge on any atom is 0.310 e. The molecule has 0 radical (unpaired) electrons. The minimum Gasteiger partial charge on any atom is -0.497 e. The van der Waals surface area contributed by atoms with Gasteiger partial charge in [-0.05, 0) is 17.7 Å². The van der Waals surface area contributed by atoms with E-state index in [0.29, 0.717) is 16.9 Å². The van der Waals surface area contributed by atoms with E-state index in [1.807, 2.05) is 6.07 Å². The summed E-state index contributed by atoms with van der Waals surface area (Å²) in [5.74, 6) is 0.0773. The van der Waals surface area contributed by atoms with E-state index >= 15 is 0 Å². The lowest BCUT2D eigenvalue weighted by molar-refractivity contribution is -0.139. The van der Waals surface area contributed by atoms with Crippen molar-refractivity contribution in [3.8, 4) is 11.8 Å². The Hall–Kier alpha value is -2.22. The van der Waals surface area contributed by atoms with Gasteiger partial charge in [0.2, 0.25) is 0 Å². The Morgan fingerprint density at radius 2 is 2.19 bits per heavy atom. The predicted molar refractivity (Wildman–Crippen MR) is 57.8 cm³/mol. The normalized spacial score (nSPS) is 9.31. The third kappa shape index (κ3) is 2.42. The van der Waals surface area contributed by atoms with Crippen LogP contribution in [0.5, 0.6) is 5.75 Å². The molecule has 0 aliphatic carbocycles. The zero-order valence-corrected chi connectivity index (χ0v) is 9.11. The Kier molecular flexibility index (Phi) is 3.72. The second-order valence-electron chi connectivity index (χ2n) is 3.11. The highest BCUT2D eigenvalue weighted by Gasteiger charge is 2.12. The fraction of sp³-hybridized carbons (Fsp3) is 0.273. The van der Waals surface area contributed by atoms with Crippen LogP contribution in [0.2, 0.25) is 0 Å². The van der Waals surface area contributed by atoms with E-state index in [4.69, 9.17) is 15.7 Å². The van der Waals surface area contributed by atoms with Gasteiger partial charge in [0.05, 0.1) is 31.9 Å². The first-order valence-corrected chi connectivity index (χ1v) is 4.55. The number of hydrogen-bond donors (Lipinski definition) is 1. The Balaban J connectivity index is 3.17. The number of methoxy groups -OCH3 is 2. The summed E-state index contributed by atoms with van der Waals surface area (Å²) < 4.78 is 9.55. The fourth-order valence-electron chi connectivity index (χ4n) is 1.27. The van der Waals surface area contributed by atoms with Crippen molar-refractivity contribution in [3.05, 3.63) is 23.3 Å². The molecule has 1 rings (SSSR count). The molecule has 0 unspecified atom stereocenters. The van der Waals surface area contributed by atoms with Gasteiger partial charge in [0.25, 0.3) is 0 Å². The Labute approximate surface area is 93.4 Å². The van der Waals surface area contributed by atoms with Crippen molar-refractivity contribution in [1.29, 1.82) is 5.26 Å². The lowest BCUT2D eigenvalue weighted by Gasteiger charge is -2.09. The number of anilines is 1. The van der Waals surface area contributed by atoms with Crippen LogP contribution in [0, 0.1) is 11.3 Å². The molecule has 5 nitrogen and oxygen atoms in total. The minimum atomic E-state index is -0.413. The van der Waals surface area contributed by atoms with Gasteiger partial charge in [-0.3, -0.25) is 4.79 Å². The molecule has 0 aliphatic rings. The van der Waals surface area contributed by atoms with Crippen LogP contribution in [0.3, 0.4) is 0 Å². The third-order valence-corrected chi connectivity index (χ3v) is 2.16. The van der Waals surface area contributed by atoms with Crippen LogP contribution >= 0.6 is 0 Å². The summed E-state index contributed by atoms with van der Waals surface area (Å²) in [5, 5.41) is 8.85. The number of esters is 1. The van der Waals surface area contributed by atoms with Crippen molar-refractivity contribution < 1.29 is 14.3 Å². The van der Waals surface area contributed by atoms with Crippen LogP contribution in [0.1, 0.15) is 11.1 Å². The maximum absolute atomic E-state index is 11.1. The van der Waals surface area contributed by atoms with Gasteiger partial charge < -0.3 is 15.2 Å². The van der Waals surface area contributed by atoms with Gasteiger partial charge in [0.1, 0.15) is 11.8 Å². The molecule has 84 valence electrons. The van der Waals surface area contributed by atoms with Crippen LogP contribution in [-0.4, -0.2) is 20.2 Å². The monoisotopic (exact) mass is 220 g/mol. The highest BCUT2D eigenvalue weighted by Crippen LogP contribution is 2.24. The smallest absolute Gasteiger partial charge is 0.310 e. The van der Waals surface area contributed by atoms with Crippen molar-refractivity contribution in [2.75, 3.05) is 20.0 Å². The number of nitriles is 1. The number of carbonyl (C=O) groups is 1. The highest BCUT2D eigenvalue weighted by molar-refractivity contribution is 5.76. The van der Waals surface area contributed by atoms with E-state index in [2.05, 4.69) is 4.74 Å². The number of ether oxygens (including phenoxy) is 2. The van der Waals surface area contributed by atoms with Crippen molar-refractivity contribution >= 4 is 11.7 Å². The van der Waals surface area contributed by atoms with Crippen LogP contribution in [0.4, 0.5) is 5.69 Å². The number of benzene rings is 1. The lowest BCUT2D eigenvalue weighted by Crippen LogP contribution is -2.08. The number of nitrogens with zero attached hydrogens (tertiary/aromatic N) is 1. The first-order chi connectivity index (χ1) is 7.62. The summed E-state index contributed by atoms with van der Waals surface area (Å²) >= 11 is 0. The van der Waals surface area contributed by atoms with Crippen molar-refractivity contribution in [3.63, 3.8) is 0 Å². The average molecular weight is 220 g/mol. The fourth-order valence-corrected chi connectivity index (χ4v) is 1.27. The van der Waals surface area contributed by atoms with Crippen LogP contribution in [0.15, 0.2) is 12.1 Å². The number of rotatable bonds is 3. The second-order valence-corrected chi connectivity index (χ2v) is 3.11. The zero-order chi connectivity index (χ0) is 12.1. The number of nitrogens with two attached hydrogens (primary N) is 1. The zero-order valence-electron chi connectivity index (χ0n) is 9.11. The number of nitrogen functional groups attached to an aromatic ring is 1. The Morgan fingerprint density at radius 3 is 2.69 bits per heavy atom. The molecule has 0 aliphatic heterocycles. The molecule has 0 amide bonds. The molecule has 0 heterocycles. The van der Waals surface area contributed by atoms with E-state index < -0.39 is 5.97 Å². The summed E-state index contributed by atoms with van der Waals surface area (Å²) in [4.78, 5) is 11.1. The van der Waals surface area contributed by atoms with E-state index in [0.717, 1.165) is 0 Å². The minimum absolute atomic E-state index is 0.0220. The maximum atomic E-state index is 11.1. The topological polar surface area (TPSA) is 85.3 Å². The summed E-state index contributed by atoms with van der Waals surface area (Å²) in [6, 6.07) is 5.09. The van der Waals surface area contributed by atoms with Gasteiger partial charge in [-0.2, -0.15) is 5.26 Å². The molecule has 0 spiro atoms. The molecule has 1 aromatic rings. The second kappa shape index (κ2) is 5.03. The first kappa shape index (κ1) is 11.9. The van der Waals surface area contributed by atoms with Crippen molar-refractivity contribution in [1.82, 2.24) is 0 Å². The first-order valence-electron chi connectivity index (χ1n) is 4.55. The summed E-state index contributed by atoms with van der Waals surface area (Å²) in [7, 11) is 2.78. The van der Waals surface area contributed by atoms with Gasteiger partial charge in [-0.15, -0.1) is 0 Å². The molecular formula is C11H12N2O3. The van der Waals surface area contributed by atoms with Crippen molar-refractivity contribution in [2.24, 2.45) is 0 Å². The van der Waals surface area contributed by atoms with Crippen LogP contribution in [-0.2, 0) is 16.0 Å². The molecule has 0 saturated heterocycles. The SMILES string of the molecule is COC(=O)Cc1cc(OC)cc(C#N)c1N. The molecule has 0 bridgehead atoms. The quantitative estimate of drug-likeness (QED) is 0.603. The van der Waals surface area contributed by atoms with Crippen LogP contribution < -0.4 is 10.5 Å². The molecule has 0 atom stereocenters. The number of carbonyl (C=O) groups excluding carboxylic acids is 1. The van der Waals surface area contributed by atoms with Crippen molar-refractivity contribution in [2.45, 2.75) is 6.42 Å². The molecule has 0 saturated carbocycles. The summed E-state index contributed by atoms with van der Waals surface area (Å²) in [6.07, 6.45) is 0.0220. The molecule has 0 aromatic heterocycles. The molecule has 5 heteroatoms. The highest BCUT2D eigenvalue weighted by atomic mass is 16.5. The predicted octanol–water partition coefficient (Wildman–Crippen LogP) is 0.865. The third-order valence-electron chi connectivity index (χ3n) is 2.16. The molecule has 1 aromatic carbocycles. The van der Waals surface area contributed by atoms with E-state index in [1.165, 1.54) is 20.3 Å². The molecule has 16 heavy (non-hydrogen) atoms. The van der Waals surface area contributed by atoms with Gasteiger partial charge >= 0.3 is 5.97 Å². The van der Waals surface area contributed by atoms with E-state index in [-0.39, 0.29) is 12.1 Å². The van der Waals surface area contributed by atoms with Gasteiger partial charge in [-0.1, -0.05) is 0 Å². The van der Waals surface area contributed by atoms with E-state index in [1.54, 1.807) is 6.07 Å². The van der Waals surface area contributed by atoms with Crippen LogP contribution in [0.25, 0.3) is 0 Å². The summed E-state index contributed by atoms with van der Waals surface area (Å²) in [5.41, 5.74) is 6.84. The van der Waals surface area contributed by atoms with Gasteiger partial charge in [0, 0.05) is 0 Å². The van der Waals surface area contributed by atoms with Gasteiger partial charge in [0.15, 0.2) is 0 Å². The molecule has 0 fully saturated rings. The lowest BCUT2D eigenvalue weighted by atomic mass is 10.0.